The Hall–Kier alpha value is -2.15. The molecule has 0 spiro atoms. The molecule has 0 fully saturated rings. The molecule has 122 valence electrons. The van der Waals surface area contributed by atoms with Crippen molar-refractivity contribution in [2.75, 3.05) is 18.8 Å². The molecule has 1 amide bonds. The number of aromatic nitrogens is 2. The average molecular weight is 332 g/mol. The van der Waals surface area contributed by atoms with Gasteiger partial charge in [0.15, 0.2) is 0 Å². The number of thiophene rings is 1. The van der Waals surface area contributed by atoms with Crippen LogP contribution >= 0.6 is 11.3 Å². The predicted molar refractivity (Wildman–Crippen MR) is 92.2 cm³/mol. The number of hydrogen-bond donors (Lipinski definition) is 1. The Labute approximate surface area is 139 Å². The van der Waals surface area contributed by atoms with Crippen molar-refractivity contribution in [2.45, 2.75) is 32.8 Å². The van der Waals surface area contributed by atoms with Crippen LogP contribution in [0.4, 0.5) is 10.6 Å². The van der Waals surface area contributed by atoms with Gasteiger partial charge in [-0.15, -0.1) is 11.3 Å². The minimum atomic E-state index is -0.473. The zero-order valence-electron chi connectivity index (χ0n) is 13.5. The van der Waals surface area contributed by atoms with Crippen LogP contribution in [0.15, 0.2) is 17.8 Å². The second-order valence-corrected chi connectivity index (χ2v) is 7.37. The van der Waals surface area contributed by atoms with Crippen LogP contribution in [-0.4, -0.2) is 39.7 Å². The van der Waals surface area contributed by atoms with Crippen LogP contribution in [0.1, 0.15) is 32.8 Å². The van der Waals surface area contributed by atoms with Crippen LogP contribution in [-0.2, 0) is 4.74 Å². The summed E-state index contributed by atoms with van der Waals surface area (Å²) >= 11 is 1.55. The molecule has 23 heavy (non-hydrogen) atoms. The van der Waals surface area contributed by atoms with E-state index in [1.54, 1.807) is 16.2 Å². The number of nitrogen functional groups attached to an aromatic ring is 1. The SMILES string of the molecule is CC(C)(C)OC(=O)N1CC=C(c2csc3c(N)ncnc23)CC1. The van der Waals surface area contributed by atoms with Gasteiger partial charge >= 0.3 is 6.09 Å². The van der Waals surface area contributed by atoms with Crippen LogP contribution in [0.25, 0.3) is 15.8 Å². The van der Waals surface area contributed by atoms with E-state index in [9.17, 15) is 4.79 Å². The molecular weight excluding hydrogens is 312 g/mol. The number of amides is 1. The van der Waals surface area contributed by atoms with Crippen LogP contribution in [0.5, 0.6) is 0 Å². The lowest BCUT2D eigenvalue weighted by atomic mass is 10.0. The maximum atomic E-state index is 12.1. The summed E-state index contributed by atoms with van der Waals surface area (Å²) in [7, 11) is 0. The summed E-state index contributed by atoms with van der Waals surface area (Å²) in [6, 6.07) is 0. The lowest BCUT2D eigenvalue weighted by Crippen LogP contribution is -2.39. The lowest BCUT2D eigenvalue weighted by molar-refractivity contribution is 0.0270. The van der Waals surface area contributed by atoms with E-state index >= 15 is 0 Å². The molecule has 6 nitrogen and oxygen atoms in total. The number of ether oxygens (including phenoxy) is 1. The van der Waals surface area contributed by atoms with E-state index in [0.29, 0.717) is 18.9 Å². The maximum absolute atomic E-state index is 12.1. The first kappa shape index (κ1) is 15.7. The van der Waals surface area contributed by atoms with Gasteiger partial charge in [0.05, 0.1) is 10.2 Å². The van der Waals surface area contributed by atoms with Crippen molar-refractivity contribution in [1.82, 2.24) is 14.9 Å². The highest BCUT2D eigenvalue weighted by Gasteiger charge is 2.24. The van der Waals surface area contributed by atoms with Crippen molar-refractivity contribution >= 4 is 39.0 Å². The first-order valence-corrected chi connectivity index (χ1v) is 8.38. The van der Waals surface area contributed by atoms with Crippen molar-refractivity contribution in [1.29, 1.82) is 0 Å². The predicted octanol–water partition coefficient (Wildman–Crippen LogP) is 3.30. The van der Waals surface area contributed by atoms with Gasteiger partial charge in [0, 0.05) is 24.0 Å². The standard InChI is InChI=1S/C16H20N4O2S/c1-16(2,3)22-15(21)20-6-4-10(5-7-20)11-8-23-13-12(11)18-9-19-14(13)17/h4,8-9H,5-7H2,1-3H3,(H2,17,18,19). The van der Waals surface area contributed by atoms with Crippen LogP contribution in [0.2, 0.25) is 0 Å². The number of hydrogen-bond acceptors (Lipinski definition) is 6. The minimum absolute atomic E-state index is 0.269. The molecule has 3 rings (SSSR count). The molecular formula is C16H20N4O2S. The third-order valence-electron chi connectivity index (χ3n) is 3.59. The van der Waals surface area contributed by atoms with E-state index in [2.05, 4.69) is 21.4 Å². The fourth-order valence-electron chi connectivity index (χ4n) is 2.50. The van der Waals surface area contributed by atoms with Crippen molar-refractivity contribution in [2.24, 2.45) is 0 Å². The molecule has 3 heterocycles. The fourth-order valence-corrected chi connectivity index (χ4v) is 3.45. The number of nitrogens with zero attached hydrogens (tertiary/aromatic N) is 3. The van der Waals surface area contributed by atoms with Crippen molar-refractivity contribution in [3.63, 3.8) is 0 Å². The van der Waals surface area contributed by atoms with E-state index in [4.69, 9.17) is 10.5 Å². The van der Waals surface area contributed by atoms with Gasteiger partial charge in [0.1, 0.15) is 17.7 Å². The van der Waals surface area contributed by atoms with E-state index in [-0.39, 0.29) is 6.09 Å². The molecule has 0 aliphatic carbocycles. The van der Waals surface area contributed by atoms with E-state index < -0.39 is 5.60 Å². The summed E-state index contributed by atoms with van der Waals surface area (Å²) < 4.78 is 6.33. The van der Waals surface area contributed by atoms with Gasteiger partial charge in [-0.05, 0) is 32.8 Å². The van der Waals surface area contributed by atoms with Crippen LogP contribution in [0, 0.1) is 0 Å². The molecule has 0 atom stereocenters. The van der Waals surface area contributed by atoms with Gasteiger partial charge in [-0.2, -0.15) is 0 Å². The number of carbonyl (C=O) groups is 1. The number of carbonyl (C=O) groups excluding carboxylic acids is 1. The van der Waals surface area contributed by atoms with Crippen LogP contribution in [0.3, 0.4) is 0 Å². The Morgan fingerprint density at radius 3 is 2.83 bits per heavy atom. The molecule has 0 saturated carbocycles. The molecule has 7 heteroatoms. The first-order chi connectivity index (χ1) is 10.8. The average Bonchev–Trinajstić information content (AvgIpc) is 2.91. The van der Waals surface area contributed by atoms with Crippen molar-refractivity contribution in [3.8, 4) is 0 Å². The normalized spacial score (nSPS) is 15.6. The highest BCUT2D eigenvalue weighted by molar-refractivity contribution is 7.18. The highest BCUT2D eigenvalue weighted by atomic mass is 32.1. The van der Waals surface area contributed by atoms with Gasteiger partial charge in [-0.25, -0.2) is 14.8 Å². The van der Waals surface area contributed by atoms with Gasteiger partial charge in [0.2, 0.25) is 0 Å². The Morgan fingerprint density at radius 1 is 1.39 bits per heavy atom. The Kier molecular flexibility index (Phi) is 3.97. The summed E-state index contributed by atoms with van der Waals surface area (Å²) in [5, 5.41) is 2.06. The Bertz CT molecular complexity index is 776. The smallest absolute Gasteiger partial charge is 0.410 e. The quantitative estimate of drug-likeness (QED) is 0.866. The highest BCUT2D eigenvalue weighted by Crippen LogP contribution is 2.34. The molecule has 0 aromatic carbocycles. The topological polar surface area (TPSA) is 81.3 Å². The van der Waals surface area contributed by atoms with E-state index in [1.807, 2.05) is 20.8 Å². The van der Waals surface area contributed by atoms with E-state index in [1.165, 1.54) is 11.9 Å². The molecule has 1 aliphatic rings. The van der Waals surface area contributed by atoms with Gasteiger partial charge in [0.25, 0.3) is 0 Å². The largest absolute Gasteiger partial charge is 0.444 e. The molecule has 2 aromatic rings. The number of anilines is 1. The molecule has 2 N–H and O–H groups in total. The summed E-state index contributed by atoms with van der Waals surface area (Å²) in [4.78, 5) is 22.2. The minimum Gasteiger partial charge on any atom is -0.444 e. The number of nitrogens with two attached hydrogens (primary N) is 1. The Balaban J connectivity index is 1.79. The number of fused-ring (bicyclic) bond motifs is 1. The third-order valence-corrected chi connectivity index (χ3v) is 4.58. The van der Waals surface area contributed by atoms with Crippen LogP contribution < -0.4 is 5.73 Å². The summed E-state index contributed by atoms with van der Waals surface area (Å²) in [5.41, 5.74) is 8.58. The van der Waals surface area contributed by atoms with Gasteiger partial charge in [-0.3, -0.25) is 0 Å². The van der Waals surface area contributed by atoms with Crippen molar-refractivity contribution < 1.29 is 9.53 Å². The summed E-state index contributed by atoms with van der Waals surface area (Å²) in [6.45, 7) is 6.80. The summed E-state index contributed by atoms with van der Waals surface area (Å²) in [5.74, 6) is 0.512. The first-order valence-electron chi connectivity index (χ1n) is 7.50. The fraction of sp³-hybridized carbons (Fsp3) is 0.438. The zero-order chi connectivity index (χ0) is 16.6. The summed E-state index contributed by atoms with van der Waals surface area (Å²) in [6.07, 6.45) is 4.06. The number of rotatable bonds is 1. The van der Waals surface area contributed by atoms with Crippen molar-refractivity contribution in [3.05, 3.63) is 23.3 Å². The maximum Gasteiger partial charge on any atom is 0.410 e. The second kappa shape index (κ2) is 5.81. The molecule has 0 unspecified atom stereocenters. The van der Waals surface area contributed by atoms with Gasteiger partial charge in [-0.1, -0.05) is 6.08 Å². The molecule has 1 aliphatic heterocycles. The van der Waals surface area contributed by atoms with Gasteiger partial charge < -0.3 is 15.4 Å². The molecule has 2 aromatic heterocycles. The monoisotopic (exact) mass is 332 g/mol. The third kappa shape index (κ3) is 3.29. The lowest BCUT2D eigenvalue weighted by Gasteiger charge is -2.29. The molecule has 0 bridgehead atoms. The molecule has 0 saturated heterocycles. The Morgan fingerprint density at radius 2 is 2.17 bits per heavy atom. The second-order valence-electron chi connectivity index (χ2n) is 6.49. The zero-order valence-corrected chi connectivity index (χ0v) is 14.3. The molecule has 0 radical (unpaired) electrons. The van der Waals surface area contributed by atoms with E-state index in [0.717, 1.165) is 22.2 Å².